The number of nitrogens with one attached hydrogen (secondary N) is 1. The third kappa shape index (κ3) is 5.23. The van der Waals surface area contributed by atoms with Crippen LogP contribution in [-0.4, -0.2) is 52.5 Å². The summed E-state index contributed by atoms with van der Waals surface area (Å²) in [5.41, 5.74) is 2.81. The van der Waals surface area contributed by atoms with Crippen LogP contribution in [0, 0.1) is 12.8 Å². The maximum Gasteiger partial charge on any atom is 0.248 e. The Morgan fingerprint density at radius 1 is 1.27 bits per heavy atom. The van der Waals surface area contributed by atoms with Crippen LogP contribution < -0.4 is 5.32 Å². The molecule has 2 fully saturated rings. The van der Waals surface area contributed by atoms with E-state index in [-0.39, 0.29) is 30.4 Å². The number of carbonyl (C=O) groups excluding carboxylic acids is 2. The molecule has 30 heavy (non-hydrogen) atoms. The van der Waals surface area contributed by atoms with Crippen molar-refractivity contribution in [2.75, 3.05) is 19.7 Å². The molecule has 1 saturated carbocycles. The molecule has 0 bridgehead atoms. The van der Waals surface area contributed by atoms with E-state index in [0.717, 1.165) is 47.6 Å². The van der Waals surface area contributed by atoms with E-state index in [1.165, 1.54) is 17.8 Å². The zero-order chi connectivity index (χ0) is 20.9. The van der Waals surface area contributed by atoms with Gasteiger partial charge < -0.3 is 15.0 Å². The van der Waals surface area contributed by atoms with E-state index in [0.29, 0.717) is 19.6 Å². The number of nitrogens with zero attached hydrogens (tertiary/aromatic N) is 3. The van der Waals surface area contributed by atoms with Crippen LogP contribution in [0.3, 0.4) is 0 Å². The predicted octanol–water partition coefficient (Wildman–Crippen LogP) is 2.94. The monoisotopic (exact) mass is 428 g/mol. The van der Waals surface area contributed by atoms with Gasteiger partial charge in [0.1, 0.15) is 11.6 Å². The molecule has 1 aliphatic carbocycles. The molecule has 7 nitrogen and oxygen atoms in total. The van der Waals surface area contributed by atoms with Crippen LogP contribution in [0.1, 0.15) is 42.8 Å². The maximum absolute atomic E-state index is 12.7. The molecule has 0 unspecified atom stereocenters. The van der Waals surface area contributed by atoms with Crippen LogP contribution in [0.5, 0.6) is 0 Å². The van der Waals surface area contributed by atoms with E-state index in [9.17, 15) is 9.59 Å². The second-order valence-electron chi connectivity index (χ2n) is 8.08. The smallest absolute Gasteiger partial charge is 0.248 e. The molecule has 3 heterocycles. The van der Waals surface area contributed by atoms with Crippen molar-refractivity contribution in [1.29, 1.82) is 0 Å². The predicted molar refractivity (Wildman–Crippen MR) is 115 cm³/mol. The minimum atomic E-state index is -0.174. The van der Waals surface area contributed by atoms with Gasteiger partial charge in [-0.1, -0.05) is 0 Å². The second kappa shape index (κ2) is 9.66. The molecule has 1 aliphatic heterocycles. The fourth-order valence-electron chi connectivity index (χ4n) is 3.69. The number of hydrogen-bond donors (Lipinski definition) is 1. The van der Waals surface area contributed by atoms with Crippen molar-refractivity contribution in [3.8, 4) is 11.3 Å². The molecule has 2 amide bonds. The summed E-state index contributed by atoms with van der Waals surface area (Å²) in [5, 5.41) is 5.84. The number of likely N-dealkylation sites (tertiary alicyclic amines) is 1. The summed E-state index contributed by atoms with van der Waals surface area (Å²) in [4.78, 5) is 35.8. The Hall–Kier alpha value is -2.32. The number of aromatic nitrogens is 2. The number of rotatable bonds is 7. The number of carbonyl (C=O) groups is 2. The molecule has 2 aromatic heterocycles. The Bertz CT molecular complexity index is 879. The summed E-state index contributed by atoms with van der Waals surface area (Å²) in [6.45, 7) is 3.66. The molecule has 1 saturated heterocycles. The summed E-state index contributed by atoms with van der Waals surface area (Å²) in [6, 6.07) is 3.96. The van der Waals surface area contributed by atoms with Gasteiger partial charge in [0.2, 0.25) is 11.8 Å². The summed E-state index contributed by atoms with van der Waals surface area (Å²) < 4.78 is 5.64. The van der Waals surface area contributed by atoms with Gasteiger partial charge in [-0.05, 0) is 51.2 Å². The largest absolute Gasteiger partial charge is 0.368 e. The van der Waals surface area contributed by atoms with Gasteiger partial charge in [0, 0.05) is 35.9 Å². The van der Waals surface area contributed by atoms with Crippen molar-refractivity contribution in [1.82, 2.24) is 20.2 Å². The van der Waals surface area contributed by atoms with Gasteiger partial charge in [0.25, 0.3) is 0 Å². The van der Waals surface area contributed by atoms with E-state index >= 15 is 0 Å². The van der Waals surface area contributed by atoms with Gasteiger partial charge in [0.15, 0.2) is 0 Å². The summed E-state index contributed by atoms with van der Waals surface area (Å²) in [5.74, 6) is -0.191. The van der Waals surface area contributed by atoms with Crippen molar-refractivity contribution in [2.24, 2.45) is 5.92 Å². The molecule has 160 valence electrons. The van der Waals surface area contributed by atoms with Gasteiger partial charge in [-0.25, -0.2) is 4.98 Å². The zero-order valence-electron chi connectivity index (χ0n) is 17.3. The molecule has 4 rings (SSSR count). The number of amides is 2. The van der Waals surface area contributed by atoms with Gasteiger partial charge >= 0.3 is 0 Å². The van der Waals surface area contributed by atoms with E-state index < -0.39 is 0 Å². The van der Waals surface area contributed by atoms with Gasteiger partial charge in [-0.2, -0.15) is 0 Å². The van der Waals surface area contributed by atoms with E-state index in [4.69, 9.17) is 4.74 Å². The lowest BCUT2D eigenvalue weighted by molar-refractivity contribution is -0.143. The molecular formula is C22H28N4O3S. The first-order valence-electron chi connectivity index (χ1n) is 10.6. The minimum Gasteiger partial charge on any atom is -0.368 e. The molecule has 1 atom stereocenters. The van der Waals surface area contributed by atoms with E-state index in [2.05, 4.69) is 15.3 Å². The Labute approximate surface area is 180 Å². The van der Waals surface area contributed by atoms with Crippen LogP contribution >= 0.6 is 11.3 Å². The topological polar surface area (TPSA) is 84.4 Å². The van der Waals surface area contributed by atoms with Crippen LogP contribution in [0.25, 0.3) is 11.3 Å². The lowest BCUT2D eigenvalue weighted by Gasteiger charge is -2.33. The number of thiazole rings is 1. The first kappa shape index (κ1) is 20.9. The number of pyridine rings is 1. The highest BCUT2D eigenvalue weighted by Crippen LogP contribution is 2.23. The standard InChI is InChI=1S/C22H28N4O3S/c1-15-7-8-16(10-23-15)19-14-30-20(25-19)11-24-22(28)17-4-3-9-26(12-17)21(27)13-29-18-5-2-6-18/h7-8,10,14,17-18H,2-6,9,11-13H2,1H3,(H,24,28)/t17-/m0/s1. The van der Waals surface area contributed by atoms with Crippen molar-refractivity contribution in [2.45, 2.75) is 51.7 Å². The average Bonchev–Trinajstić information content (AvgIpc) is 3.20. The Morgan fingerprint density at radius 3 is 2.87 bits per heavy atom. The fourth-order valence-corrected chi connectivity index (χ4v) is 4.43. The molecule has 0 spiro atoms. The second-order valence-corrected chi connectivity index (χ2v) is 9.02. The van der Waals surface area contributed by atoms with E-state index in [1.807, 2.05) is 30.6 Å². The highest BCUT2D eigenvalue weighted by Gasteiger charge is 2.29. The van der Waals surface area contributed by atoms with Crippen molar-refractivity contribution in [3.63, 3.8) is 0 Å². The van der Waals surface area contributed by atoms with Gasteiger partial charge in [-0.15, -0.1) is 11.3 Å². The molecular weight excluding hydrogens is 400 g/mol. The Morgan fingerprint density at radius 2 is 2.13 bits per heavy atom. The highest BCUT2D eigenvalue weighted by molar-refractivity contribution is 7.09. The first-order valence-corrected chi connectivity index (χ1v) is 11.5. The summed E-state index contributed by atoms with van der Waals surface area (Å²) in [7, 11) is 0. The van der Waals surface area contributed by atoms with Crippen molar-refractivity contribution < 1.29 is 14.3 Å². The SMILES string of the molecule is Cc1ccc(-c2csc(CNC(=O)[C@H]3CCCN(C(=O)COC4CCC4)C3)n2)cn1. The Balaban J connectivity index is 1.25. The highest BCUT2D eigenvalue weighted by atomic mass is 32.1. The van der Waals surface area contributed by atoms with Crippen LogP contribution in [-0.2, 0) is 20.9 Å². The van der Waals surface area contributed by atoms with Crippen LogP contribution in [0.2, 0.25) is 0 Å². The Kier molecular flexibility index (Phi) is 6.74. The fraction of sp³-hybridized carbons (Fsp3) is 0.545. The molecule has 8 heteroatoms. The molecule has 1 N–H and O–H groups in total. The number of hydrogen-bond acceptors (Lipinski definition) is 6. The zero-order valence-corrected chi connectivity index (χ0v) is 18.1. The lowest BCUT2D eigenvalue weighted by Crippen LogP contribution is -2.46. The maximum atomic E-state index is 12.7. The third-order valence-electron chi connectivity index (χ3n) is 5.81. The van der Waals surface area contributed by atoms with Crippen molar-refractivity contribution in [3.05, 3.63) is 34.4 Å². The number of piperidine rings is 1. The molecule has 2 aromatic rings. The summed E-state index contributed by atoms with van der Waals surface area (Å²) in [6.07, 6.45) is 7.00. The third-order valence-corrected chi connectivity index (χ3v) is 6.66. The van der Waals surface area contributed by atoms with Gasteiger partial charge in [-0.3, -0.25) is 14.6 Å². The van der Waals surface area contributed by atoms with E-state index in [1.54, 1.807) is 4.90 Å². The molecule has 0 aromatic carbocycles. The number of aryl methyl sites for hydroxylation is 1. The van der Waals surface area contributed by atoms with Crippen LogP contribution in [0.4, 0.5) is 0 Å². The lowest BCUT2D eigenvalue weighted by atomic mass is 9.96. The quantitative estimate of drug-likeness (QED) is 0.733. The molecule has 0 radical (unpaired) electrons. The molecule has 2 aliphatic rings. The van der Waals surface area contributed by atoms with Crippen LogP contribution in [0.15, 0.2) is 23.7 Å². The summed E-state index contributed by atoms with van der Waals surface area (Å²) >= 11 is 1.52. The van der Waals surface area contributed by atoms with Gasteiger partial charge in [0.05, 0.1) is 24.3 Å². The number of ether oxygens (including phenoxy) is 1. The average molecular weight is 429 g/mol. The minimum absolute atomic E-state index is 0.00401. The first-order chi connectivity index (χ1) is 14.6. The normalized spacial score (nSPS) is 19.4. The van der Waals surface area contributed by atoms with Crippen molar-refractivity contribution >= 4 is 23.2 Å².